The average Bonchev–Trinajstić information content (AvgIpc) is 2.30. The van der Waals surface area contributed by atoms with Crippen LogP contribution in [0.4, 0.5) is 4.79 Å². The molecule has 1 heterocycles. The van der Waals surface area contributed by atoms with Gasteiger partial charge in [0, 0.05) is 19.1 Å². The van der Waals surface area contributed by atoms with Crippen LogP contribution in [0.2, 0.25) is 0 Å². The first-order chi connectivity index (χ1) is 8.04. The van der Waals surface area contributed by atoms with E-state index in [0.717, 1.165) is 12.8 Å². The topological polar surface area (TPSA) is 84.7 Å². The van der Waals surface area contributed by atoms with Crippen molar-refractivity contribution in [3.05, 3.63) is 0 Å². The van der Waals surface area contributed by atoms with Gasteiger partial charge in [0.25, 0.3) is 0 Å². The molecule has 6 heteroatoms. The summed E-state index contributed by atoms with van der Waals surface area (Å²) in [5.74, 6) is -0.139. The Bertz CT molecular complexity index is 273. The maximum Gasteiger partial charge on any atom is 0.409 e. The number of hydrogen-bond acceptors (Lipinski definition) is 4. The molecule has 1 atom stereocenters. The number of likely N-dealkylation sites (tertiary alicyclic amines) is 1. The molecule has 1 fully saturated rings. The number of ether oxygens (including phenoxy) is 1. The van der Waals surface area contributed by atoms with Gasteiger partial charge in [0.2, 0.25) is 5.91 Å². The Morgan fingerprint density at radius 3 is 2.53 bits per heavy atom. The van der Waals surface area contributed by atoms with Gasteiger partial charge in [0.05, 0.1) is 12.6 Å². The van der Waals surface area contributed by atoms with E-state index in [1.54, 1.807) is 18.7 Å². The molecule has 0 aromatic heterocycles. The van der Waals surface area contributed by atoms with Crippen molar-refractivity contribution in [3.63, 3.8) is 0 Å². The van der Waals surface area contributed by atoms with Crippen LogP contribution in [0.15, 0.2) is 0 Å². The lowest BCUT2D eigenvalue weighted by atomic mass is 10.1. The van der Waals surface area contributed by atoms with Crippen LogP contribution < -0.4 is 11.1 Å². The van der Waals surface area contributed by atoms with E-state index in [2.05, 4.69) is 5.32 Å². The highest BCUT2D eigenvalue weighted by molar-refractivity contribution is 5.81. The van der Waals surface area contributed by atoms with Gasteiger partial charge in [-0.2, -0.15) is 0 Å². The van der Waals surface area contributed by atoms with Crippen LogP contribution in [0.25, 0.3) is 0 Å². The van der Waals surface area contributed by atoms with Crippen molar-refractivity contribution in [1.82, 2.24) is 10.2 Å². The second-order valence-electron chi connectivity index (χ2n) is 4.26. The Morgan fingerprint density at radius 2 is 2.06 bits per heavy atom. The second kappa shape index (κ2) is 6.44. The number of nitrogens with zero attached hydrogens (tertiary/aromatic N) is 1. The number of rotatable bonds is 3. The van der Waals surface area contributed by atoms with Crippen molar-refractivity contribution in [1.29, 1.82) is 0 Å². The van der Waals surface area contributed by atoms with Crippen LogP contribution in [0.5, 0.6) is 0 Å². The Morgan fingerprint density at radius 1 is 1.47 bits per heavy atom. The molecule has 3 N–H and O–H groups in total. The maximum absolute atomic E-state index is 11.4. The first-order valence-electron chi connectivity index (χ1n) is 6.02. The van der Waals surface area contributed by atoms with Crippen LogP contribution in [0.1, 0.15) is 26.7 Å². The fourth-order valence-corrected chi connectivity index (χ4v) is 1.75. The molecule has 1 unspecified atom stereocenters. The summed E-state index contributed by atoms with van der Waals surface area (Å²) in [4.78, 5) is 24.5. The molecule has 98 valence electrons. The molecular formula is C11H21N3O3. The Kier molecular flexibility index (Phi) is 5.21. The molecule has 0 spiro atoms. The summed E-state index contributed by atoms with van der Waals surface area (Å²) in [6, 6.07) is -0.378. The minimum absolute atomic E-state index is 0.110. The highest BCUT2D eigenvalue weighted by Crippen LogP contribution is 2.11. The van der Waals surface area contributed by atoms with Crippen LogP contribution in [0, 0.1) is 0 Å². The Labute approximate surface area is 101 Å². The van der Waals surface area contributed by atoms with E-state index in [0.29, 0.717) is 19.7 Å². The fourth-order valence-electron chi connectivity index (χ4n) is 1.75. The van der Waals surface area contributed by atoms with Crippen molar-refractivity contribution in [3.8, 4) is 0 Å². The van der Waals surface area contributed by atoms with Gasteiger partial charge in [-0.1, -0.05) is 0 Å². The summed E-state index contributed by atoms with van der Waals surface area (Å²) in [5, 5.41) is 2.87. The molecule has 1 rings (SSSR count). The van der Waals surface area contributed by atoms with Crippen LogP contribution >= 0.6 is 0 Å². The van der Waals surface area contributed by atoms with Gasteiger partial charge in [-0.25, -0.2) is 4.79 Å². The van der Waals surface area contributed by atoms with E-state index in [9.17, 15) is 9.59 Å². The molecule has 1 saturated heterocycles. The van der Waals surface area contributed by atoms with Crippen molar-refractivity contribution < 1.29 is 14.3 Å². The number of nitrogens with two attached hydrogens (primary N) is 1. The molecule has 2 amide bonds. The van der Waals surface area contributed by atoms with E-state index >= 15 is 0 Å². The lowest BCUT2D eigenvalue weighted by Gasteiger charge is -2.31. The quantitative estimate of drug-likeness (QED) is 0.734. The number of carbonyl (C=O) groups is 2. The van der Waals surface area contributed by atoms with Crippen LogP contribution in [0.3, 0.4) is 0 Å². The van der Waals surface area contributed by atoms with Gasteiger partial charge in [0.15, 0.2) is 0 Å². The second-order valence-corrected chi connectivity index (χ2v) is 4.26. The van der Waals surface area contributed by atoms with E-state index in [-0.39, 0.29) is 18.0 Å². The number of carbonyl (C=O) groups excluding carboxylic acids is 2. The predicted molar refractivity (Wildman–Crippen MR) is 63.4 cm³/mol. The molecule has 0 aromatic rings. The summed E-state index contributed by atoms with van der Waals surface area (Å²) >= 11 is 0. The molecular weight excluding hydrogens is 222 g/mol. The van der Waals surface area contributed by atoms with Crippen molar-refractivity contribution in [2.45, 2.75) is 38.8 Å². The molecule has 1 aliphatic heterocycles. The highest BCUT2D eigenvalue weighted by Gasteiger charge is 2.24. The van der Waals surface area contributed by atoms with Crippen LogP contribution in [-0.4, -0.2) is 48.7 Å². The van der Waals surface area contributed by atoms with E-state index < -0.39 is 6.04 Å². The largest absolute Gasteiger partial charge is 0.450 e. The maximum atomic E-state index is 11.4. The average molecular weight is 243 g/mol. The zero-order valence-corrected chi connectivity index (χ0v) is 10.4. The van der Waals surface area contributed by atoms with Gasteiger partial charge in [-0.15, -0.1) is 0 Å². The lowest BCUT2D eigenvalue weighted by molar-refractivity contribution is -0.122. The third-order valence-corrected chi connectivity index (χ3v) is 2.78. The molecule has 17 heavy (non-hydrogen) atoms. The number of hydrogen-bond donors (Lipinski definition) is 2. The normalized spacial score (nSPS) is 18.6. The van der Waals surface area contributed by atoms with Gasteiger partial charge >= 0.3 is 6.09 Å². The Balaban J connectivity index is 2.31. The molecule has 0 bridgehead atoms. The molecule has 6 nitrogen and oxygen atoms in total. The van der Waals surface area contributed by atoms with Crippen molar-refractivity contribution in [2.75, 3.05) is 19.7 Å². The standard InChI is InChI=1S/C11H21N3O3/c1-3-17-11(16)14-6-4-9(5-7-14)13-10(15)8(2)12/h8-9H,3-7,12H2,1-2H3,(H,13,15). The Hall–Kier alpha value is -1.30. The summed E-state index contributed by atoms with van der Waals surface area (Å²) in [6.45, 7) is 5.06. The molecule has 0 aromatic carbocycles. The molecule has 0 aliphatic carbocycles. The van der Waals surface area contributed by atoms with Gasteiger partial charge in [-0.3, -0.25) is 4.79 Å². The smallest absolute Gasteiger partial charge is 0.409 e. The SMILES string of the molecule is CCOC(=O)N1CCC(NC(=O)C(C)N)CC1. The van der Waals surface area contributed by atoms with E-state index in [1.807, 2.05) is 0 Å². The van der Waals surface area contributed by atoms with Gasteiger partial charge < -0.3 is 20.7 Å². The first kappa shape index (κ1) is 13.8. The lowest BCUT2D eigenvalue weighted by Crippen LogP contribution is -2.49. The predicted octanol–water partition coefficient (Wildman–Crippen LogP) is 0.0707. The van der Waals surface area contributed by atoms with E-state index in [4.69, 9.17) is 10.5 Å². The third kappa shape index (κ3) is 4.22. The summed E-state index contributed by atoms with van der Waals surface area (Å²) < 4.78 is 4.92. The number of amides is 2. The summed E-state index contributed by atoms with van der Waals surface area (Å²) in [5.41, 5.74) is 5.47. The first-order valence-corrected chi connectivity index (χ1v) is 6.02. The zero-order chi connectivity index (χ0) is 12.8. The zero-order valence-electron chi connectivity index (χ0n) is 10.4. The van der Waals surface area contributed by atoms with Gasteiger partial charge in [0.1, 0.15) is 0 Å². The van der Waals surface area contributed by atoms with Crippen molar-refractivity contribution in [2.24, 2.45) is 5.73 Å². The summed E-state index contributed by atoms with van der Waals surface area (Å²) in [7, 11) is 0. The molecule has 0 radical (unpaired) electrons. The monoisotopic (exact) mass is 243 g/mol. The van der Waals surface area contributed by atoms with Crippen LogP contribution in [-0.2, 0) is 9.53 Å². The van der Waals surface area contributed by atoms with Crippen molar-refractivity contribution >= 4 is 12.0 Å². The molecule has 0 saturated carbocycles. The molecule has 1 aliphatic rings. The highest BCUT2D eigenvalue weighted by atomic mass is 16.6. The minimum atomic E-state index is -0.488. The number of nitrogens with one attached hydrogen (secondary N) is 1. The summed E-state index contributed by atoms with van der Waals surface area (Å²) in [6.07, 6.45) is 1.22. The fraction of sp³-hybridized carbons (Fsp3) is 0.818. The minimum Gasteiger partial charge on any atom is -0.450 e. The van der Waals surface area contributed by atoms with Gasteiger partial charge in [-0.05, 0) is 26.7 Å². The third-order valence-electron chi connectivity index (χ3n) is 2.78. The van der Waals surface area contributed by atoms with E-state index in [1.165, 1.54) is 0 Å². The number of piperidine rings is 1.